The van der Waals surface area contributed by atoms with E-state index in [1.54, 1.807) is 6.08 Å². The highest BCUT2D eigenvalue weighted by molar-refractivity contribution is 5.55. The average molecular weight is 331 g/mol. The van der Waals surface area contributed by atoms with E-state index in [2.05, 4.69) is 53.0 Å². The van der Waals surface area contributed by atoms with Crippen molar-refractivity contribution in [2.75, 3.05) is 13.2 Å². The Kier molecular flexibility index (Phi) is 15.4. The summed E-state index contributed by atoms with van der Waals surface area (Å²) < 4.78 is 5.77. The zero-order chi connectivity index (χ0) is 19.1. The summed E-state index contributed by atoms with van der Waals surface area (Å²) in [5.74, 6) is 0.536. The van der Waals surface area contributed by atoms with Crippen molar-refractivity contribution in [1.82, 2.24) is 0 Å². The summed E-state index contributed by atoms with van der Waals surface area (Å²) in [6.07, 6.45) is 10.0. The van der Waals surface area contributed by atoms with Crippen LogP contribution in [0.15, 0.2) is 71.4 Å². The van der Waals surface area contributed by atoms with Crippen molar-refractivity contribution in [2.24, 2.45) is 5.92 Å². The Morgan fingerprint density at radius 2 is 1.62 bits per heavy atom. The molecule has 0 radical (unpaired) electrons. The number of allylic oxidation sites excluding steroid dienone is 7. The molecule has 24 heavy (non-hydrogen) atoms. The van der Waals surface area contributed by atoms with Crippen molar-refractivity contribution in [1.29, 1.82) is 0 Å². The highest BCUT2D eigenvalue weighted by atomic mass is 16.5. The van der Waals surface area contributed by atoms with Crippen LogP contribution in [0.1, 0.15) is 55.4 Å². The Labute approximate surface area is 151 Å². The van der Waals surface area contributed by atoms with Gasteiger partial charge >= 0.3 is 0 Å². The molecule has 0 aliphatic carbocycles. The predicted octanol–water partition coefficient (Wildman–Crippen LogP) is 7.21. The Morgan fingerprint density at radius 1 is 1.04 bits per heavy atom. The first-order chi connectivity index (χ1) is 11.5. The third-order valence-electron chi connectivity index (χ3n) is 3.59. The first kappa shape index (κ1) is 24.6. The molecule has 0 fully saturated rings. The summed E-state index contributed by atoms with van der Waals surface area (Å²) in [5.41, 5.74) is 6.14. The van der Waals surface area contributed by atoms with E-state index in [0.29, 0.717) is 19.1 Å². The molecular weight excluding hydrogens is 292 g/mol. The van der Waals surface area contributed by atoms with Gasteiger partial charge in [0.05, 0.1) is 13.2 Å². The zero-order valence-electron chi connectivity index (χ0n) is 17.2. The summed E-state index contributed by atoms with van der Waals surface area (Å²) in [7, 11) is 0. The summed E-state index contributed by atoms with van der Waals surface area (Å²) in [4.78, 5) is 0. The molecule has 1 aliphatic heterocycles. The smallest absolute Gasteiger partial charge is 0.0727 e. The zero-order valence-corrected chi connectivity index (χ0v) is 17.2. The normalized spacial score (nSPS) is 15.5. The molecule has 1 nitrogen and oxygen atoms in total. The lowest BCUT2D eigenvalue weighted by Crippen LogP contribution is -1.99. The second-order valence-electron chi connectivity index (χ2n) is 5.47. The van der Waals surface area contributed by atoms with Crippen LogP contribution in [0, 0.1) is 5.92 Å². The third kappa shape index (κ3) is 8.31. The summed E-state index contributed by atoms with van der Waals surface area (Å²) in [5, 5.41) is 0. The lowest BCUT2D eigenvalue weighted by molar-refractivity contribution is 0.183. The van der Waals surface area contributed by atoms with Crippen LogP contribution in [-0.2, 0) is 4.74 Å². The van der Waals surface area contributed by atoms with Crippen molar-refractivity contribution < 1.29 is 4.74 Å². The molecule has 0 bridgehead atoms. The van der Waals surface area contributed by atoms with Crippen LogP contribution < -0.4 is 0 Å². The summed E-state index contributed by atoms with van der Waals surface area (Å²) >= 11 is 0. The highest BCUT2D eigenvalue weighted by Gasteiger charge is 2.14. The van der Waals surface area contributed by atoms with E-state index < -0.39 is 0 Å². The van der Waals surface area contributed by atoms with Gasteiger partial charge in [-0.15, -0.1) is 0 Å². The average Bonchev–Trinajstić information content (AvgIpc) is 2.75. The largest absolute Gasteiger partial charge is 0.372 e. The minimum atomic E-state index is 0.536. The van der Waals surface area contributed by atoms with E-state index in [1.807, 2.05) is 39.8 Å². The molecule has 0 saturated heterocycles. The second-order valence-corrected chi connectivity index (χ2v) is 5.47. The first-order valence-corrected chi connectivity index (χ1v) is 9.12. The minimum absolute atomic E-state index is 0.536. The van der Waals surface area contributed by atoms with Gasteiger partial charge in [0.2, 0.25) is 0 Å². The maximum atomic E-state index is 5.77. The number of ether oxygens (including phenoxy) is 1. The van der Waals surface area contributed by atoms with Crippen LogP contribution >= 0.6 is 0 Å². The number of hydrogen-bond donors (Lipinski definition) is 0. The third-order valence-corrected chi connectivity index (χ3v) is 3.59. The van der Waals surface area contributed by atoms with Crippen molar-refractivity contribution in [3.05, 3.63) is 71.4 Å². The van der Waals surface area contributed by atoms with Crippen molar-refractivity contribution in [3.63, 3.8) is 0 Å². The van der Waals surface area contributed by atoms with Crippen LogP contribution in [0.2, 0.25) is 0 Å². The maximum Gasteiger partial charge on any atom is 0.0727 e. The van der Waals surface area contributed by atoms with Crippen molar-refractivity contribution in [2.45, 2.75) is 55.4 Å². The highest BCUT2D eigenvalue weighted by Crippen LogP contribution is 2.27. The SMILES string of the molecule is C=C/C=C\C1=C(C)COCC(/C=C(\C)C(C)C)=C1C=C.CC.CC. The van der Waals surface area contributed by atoms with E-state index in [-0.39, 0.29) is 0 Å². The van der Waals surface area contributed by atoms with Crippen LogP contribution in [-0.4, -0.2) is 13.2 Å². The molecule has 136 valence electrons. The summed E-state index contributed by atoms with van der Waals surface area (Å²) in [6, 6.07) is 0. The molecule has 0 aromatic rings. The standard InChI is InChI=1S/C19H26O.2C2H6/c1-7-9-10-19-16(6)12-20-13-17(18(19)8-2)11-15(5)14(3)4;2*1-2/h7-11,14H,1-2,12-13H2,3-6H3;2*1-2H3/b10-9-,15-11+;;. The van der Waals surface area contributed by atoms with E-state index in [1.165, 1.54) is 22.3 Å². The Hall–Kier alpha value is -1.60. The van der Waals surface area contributed by atoms with Gasteiger partial charge in [-0.3, -0.25) is 0 Å². The fourth-order valence-corrected chi connectivity index (χ4v) is 2.07. The van der Waals surface area contributed by atoms with Gasteiger partial charge < -0.3 is 4.74 Å². The van der Waals surface area contributed by atoms with Gasteiger partial charge in [0, 0.05) is 0 Å². The second kappa shape index (κ2) is 15.0. The molecule has 0 saturated carbocycles. The van der Waals surface area contributed by atoms with Crippen LogP contribution in [0.3, 0.4) is 0 Å². The van der Waals surface area contributed by atoms with E-state index >= 15 is 0 Å². The van der Waals surface area contributed by atoms with Gasteiger partial charge in [0.15, 0.2) is 0 Å². The molecule has 1 heteroatoms. The van der Waals surface area contributed by atoms with Gasteiger partial charge in [0.1, 0.15) is 0 Å². The molecule has 0 aromatic carbocycles. The molecule has 0 N–H and O–H groups in total. The molecule has 1 rings (SSSR count). The maximum absolute atomic E-state index is 5.77. The number of hydrogen-bond acceptors (Lipinski definition) is 1. The molecule has 0 atom stereocenters. The number of rotatable bonds is 5. The van der Waals surface area contributed by atoms with Crippen LogP contribution in [0.25, 0.3) is 0 Å². The lowest BCUT2D eigenvalue weighted by Gasteiger charge is -2.11. The Balaban J connectivity index is 0. The quantitative estimate of drug-likeness (QED) is 0.484. The van der Waals surface area contributed by atoms with Gasteiger partial charge in [0.25, 0.3) is 0 Å². The van der Waals surface area contributed by atoms with Gasteiger partial charge in [-0.05, 0) is 42.1 Å². The van der Waals surface area contributed by atoms with Crippen molar-refractivity contribution >= 4 is 0 Å². The molecule has 1 aliphatic rings. The van der Waals surface area contributed by atoms with Gasteiger partial charge in [-0.2, -0.15) is 0 Å². The fraction of sp³-hybridized carbons (Fsp3) is 0.478. The molecular formula is C23H38O. The lowest BCUT2D eigenvalue weighted by atomic mass is 9.94. The molecule has 0 unspecified atom stereocenters. The fourth-order valence-electron chi connectivity index (χ4n) is 2.07. The molecule has 0 amide bonds. The predicted molar refractivity (Wildman–Crippen MR) is 111 cm³/mol. The van der Waals surface area contributed by atoms with Gasteiger partial charge in [-0.1, -0.05) is 90.7 Å². The Morgan fingerprint density at radius 3 is 2.08 bits per heavy atom. The van der Waals surface area contributed by atoms with E-state index in [9.17, 15) is 0 Å². The molecule has 0 aromatic heterocycles. The minimum Gasteiger partial charge on any atom is -0.372 e. The summed E-state index contributed by atoms with van der Waals surface area (Å²) in [6.45, 7) is 25.7. The van der Waals surface area contributed by atoms with Gasteiger partial charge in [-0.25, -0.2) is 0 Å². The van der Waals surface area contributed by atoms with E-state index in [4.69, 9.17) is 4.74 Å². The topological polar surface area (TPSA) is 9.23 Å². The molecule has 1 heterocycles. The van der Waals surface area contributed by atoms with Crippen LogP contribution in [0.4, 0.5) is 0 Å². The van der Waals surface area contributed by atoms with E-state index in [0.717, 1.165) is 5.57 Å². The van der Waals surface area contributed by atoms with Crippen LogP contribution in [0.5, 0.6) is 0 Å². The first-order valence-electron chi connectivity index (χ1n) is 9.12. The monoisotopic (exact) mass is 330 g/mol. The Bertz CT molecular complexity index is 496. The van der Waals surface area contributed by atoms with Crippen molar-refractivity contribution in [3.8, 4) is 0 Å². The molecule has 0 spiro atoms.